The van der Waals surface area contributed by atoms with Gasteiger partial charge >= 0.3 is 0 Å². The van der Waals surface area contributed by atoms with Gasteiger partial charge in [-0.1, -0.05) is 0 Å². The van der Waals surface area contributed by atoms with Gasteiger partial charge in [-0.3, -0.25) is 4.90 Å². The van der Waals surface area contributed by atoms with Crippen molar-refractivity contribution in [1.82, 2.24) is 10.2 Å². The summed E-state index contributed by atoms with van der Waals surface area (Å²) in [5.74, 6) is 4.35. The molecule has 1 N–H and O–H groups in total. The zero-order valence-corrected chi connectivity index (χ0v) is 12.8. The molecule has 4 heterocycles. The maximum Gasteiger partial charge on any atom is 0.0795 e. The summed E-state index contributed by atoms with van der Waals surface area (Å²) in [5.41, 5.74) is 0.239. The molecular formula is C15H26N2OS. The molecule has 108 valence electrons. The smallest absolute Gasteiger partial charge is 0.0795 e. The molecule has 0 aromatic heterocycles. The Morgan fingerprint density at radius 3 is 3.11 bits per heavy atom. The van der Waals surface area contributed by atoms with Gasteiger partial charge in [0.1, 0.15) is 0 Å². The summed E-state index contributed by atoms with van der Waals surface area (Å²) in [6, 6.07) is 1.56. The second kappa shape index (κ2) is 4.90. The molecule has 19 heavy (non-hydrogen) atoms. The van der Waals surface area contributed by atoms with E-state index in [0.717, 1.165) is 30.5 Å². The molecule has 4 saturated heterocycles. The summed E-state index contributed by atoms with van der Waals surface area (Å²) >= 11 is 2.09. The highest BCUT2D eigenvalue weighted by Gasteiger charge is 2.48. The average molecular weight is 282 g/mol. The van der Waals surface area contributed by atoms with Crippen LogP contribution >= 0.6 is 11.8 Å². The lowest BCUT2D eigenvalue weighted by Gasteiger charge is -2.43. The normalized spacial score (nSPS) is 51.0. The number of rotatable bonds is 1. The second-order valence-electron chi connectivity index (χ2n) is 7.00. The third kappa shape index (κ3) is 2.15. The monoisotopic (exact) mass is 282 g/mol. The molecule has 0 radical (unpaired) electrons. The van der Waals surface area contributed by atoms with Crippen LogP contribution in [0.3, 0.4) is 0 Å². The van der Waals surface area contributed by atoms with Crippen molar-refractivity contribution < 1.29 is 4.74 Å². The predicted octanol–water partition coefficient (Wildman–Crippen LogP) is 1.58. The maximum atomic E-state index is 6.19. The molecule has 5 unspecified atom stereocenters. The van der Waals surface area contributed by atoms with Gasteiger partial charge in [-0.05, 0) is 56.9 Å². The molecule has 0 amide bonds. The topological polar surface area (TPSA) is 24.5 Å². The lowest BCUT2D eigenvalue weighted by atomic mass is 9.88. The van der Waals surface area contributed by atoms with E-state index in [2.05, 4.69) is 28.9 Å². The Labute approximate surface area is 120 Å². The standard InChI is InChI=1S/C15H26N2OS/c1-11-14-8-16-7-12(14)9-17(11)13-2-4-18-15(6-13)3-5-19-10-15/h11-14,16H,2-10H2,1H3. The summed E-state index contributed by atoms with van der Waals surface area (Å²) in [6.07, 6.45) is 3.83. The van der Waals surface area contributed by atoms with Gasteiger partial charge in [0.05, 0.1) is 5.60 Å². The van der Waals surface area contributed by atoms with E-state index in [1.807, 2.05) is 0 Å². The third-order valence-corrected chi connectivity index (χ3v) is 7.21. The molecule has 4 heteroatoms. The van der Waals surface area contributed by atoms with Gasteiger partial charge in [0.25, 0.3) is 0 Å². The van der Waals surface area contributed by atoms with Crippen LogP contribution in [-0.4, -0.2) is 60.3 Å². The molecule has 0 bridgehead atoms. The van der Waals surface area contributed by atoms with Gasteiger partial charge in [-0.2, -0.15) is 11.8 Å². The fraction of sp³-hybridized carbons (Fsp3) is 1.00. The Bertz CT molecular complexity index is 345. The van der Waals surface area contributed by atoms with Crippen molar-refractivity contribution in [3.05, 3.63) is 0 Å². The van der Waals surface area contributed by atoms with Crippen LogP contribution in [-0.2, 0) is 4.74 Å². The van der Waals surface area contributed by atoms with Crippen molar-refractivity contribution in [2.75, 3.05) is 37.7 Å². The van der Waals surface area contributed by atoms with Gasteiger partial charge in [0.2, 0.25) is 0 Å². The predicted molar refractivity (Wildman–Crippen MR) is 79.7 cm³/mol. The van der Waals surface area contributed by atoms with Crippen LogP contribution in [0.1, 0.15) is 26.2 Å². The van der Waals surface area contributed by atoms with Crippen molar-refractivity contribution in [2.24, 2.45) is 11.8 Å². The minimum Gasteiger partial charge on any atom is -0.374 e. The van der Waals surface area contributed by atoms with E-state index in [0.29, 0.717) is 0 Å². The SMILES string of the molecule is CC1C2CNCC2CN1C1CCOC2(CCSC2)C1. The number of fused-ring (bicyclic) bond motifs is 1. The first-order valence-electron chi connectivity index (χ1n) is 7.96. The van der Waals surface area contributed by atoms with E-state index in [-0.39, 0.29) is 5.60 Å². The number of nitrogens with zero attached hydrogens (tertiary/aromatic N) is 1. The molecule has 4 aliphatic heterocycles. The van der Waals surface area contributed by atoms with Crippen LogP contribution in [0, 0.1) is 11.8 Å². The van der Waals surface area contributed by atoms with E-state index >= 15 is 0 Å². The second-order valence-corrected chi connectivity index (χ2v) is 8.11. The highest BCUT2D eigenvalue weighted by Crippen LogP contribution is 2.42. The van der Waals surface area contributed by atoms with E-state index in [1.165, 1.54) is 50.4 Å². The summed E-state index contributed by atoms with van der Waals surface area (Å²) in [5, 5.41) is 3.57. The number of ether oxygens (including phenoxy) is 1. The fourth-order valence-electron chi connectivity index (χ4n) is 4.83. The van der Waals surface area contributed by atoms with Crippen LogP contribution in [0.25, 0.3) is 0 Å². The number of likely N-dealkylation sites (tertiary alicyclic amines) is 1. The zero-order chi connectivity index (χ0) is 12.9. The van der Waals surface area contributed by atoms with E-state index in [9.17, 15) is 0 Å². The molecule has 4 aliphatic rings. The Hall–Kier alpha value is 0.230. The third-order valence-electron chi connectivity index (χ3n) is 5.98. The lowest BCUT2D eigenvalue weighted by Crippen LogP contribution is -2.50. The lowest BCUT2D eigenvalue weighted by molar-refractivity contribution is -0.0916. The number of nitrogens with one attached hydrogen (secondary N) is 1. The maximum absolute atomic E-state index is 6.19. The van der Waals surface area contributed by atoms with Crippen molar-refractivity contribution in [3.8, 4) is 0 Å². The molecule has 4 rings (SSSR count). The minimum absolute atomic E-state index is 0.239. The summed E-state index contributed by atoms with van der Waals surface area (Å²) in [6.45, 7) is 7.26. The summed E-state index contributed by atoms with van der Waals surface area (Å²) < 4.78 is 6.19. The first-order valence-corrected chi connectivity index (χ1v) is 9.11. The average Bonchev–Trinajstić information content (AvgIpc) is 3.09. The van der Waals surface area contributed by atoms with E-state index in [4.69, 9.17) is 4.74 Å². The molecule has 3 nitrogen and oxygen atoms in total. The van der Waals surface area contributed by atoms with E-state index < -0.39 is 0 Å². The van der Waals surface area contributed by atoms with Gasteiger partial charge in [-0.15, -0.1) is 0 Å². The number of thioether (sulfide) groups is 1. The highest BCUT2D eigenvalue weighted by molar-refractivity contribution is 7.99. The molecule has 5 atom stereocenters. The van der Waals surface area contributed by atoms with Crippen molar-refractivity contribution in [2.45, 2.75) is 43.9 Å². The largest absolute Gasteiger partial charge is 0.374 e. The summed E-state index contributed by atoms with van der Waals surface area (Å²) in [7, 11) is 0. The molecule has 0 aromatic rings. The van der Waals surface area contributed by atoms with Crippen molar-refractivity contribution >= 4 is 11.8 Å². The first-order chi connectivity index (χ1) is 9.27. The molecule has 0 aliphatic carbocycles. The molecule has 0 saturated carbocycles. The van der Waals surface area contributed by atoms with Crippen molar-refractivity contribution in [1.29, 1.82) is 0 Å². The van der Waals surface area contributed by atoms with Gasteiger partial charge in [0, 0.05) is 31.0 Å². The fourth-order valence-corrected chi connectivity index (χ4v) is 6.21. The highest BCUT2D eigenvalue weighted by atomic mass is 32.2. The van der Waals surface area contributed by atoms with Gasteiger partial charge in [0.15, 0.2) is 0 Å². The molecule has 1 spiro atoms. The van der Waals surface area contributed by atoms with E-state index in [1.54, 1.807) is 0 Å². The van der Waals surface area contributed by atoms with Gasteiger partial charge in [-0.25, -0.2) is 0 Å². The number of hydrogen-bond donors (Lipinski definition) is 1. The Balaban J connectivity index is 1.47. The number of hydrogen-bond acceptors (Lipinski definition) is 4. The zero-order valence-electron chi connectivity index (χ0n) is 11.9. The van der Waals surface area contributed by atoms with Crippen LogP contribution in [0.15, 0.2) is 0 Å². The Morgan fingerprint density at radius 1 is 1.37 bits per heavy atom. The minimum atomic E-state index is 0.239. The quantitative estimate of drug-likeness (QED) is 0.789. The Kier molecular flexibility index (Phi) is 3.34. The molecular weight excluding hydrogens is 256 g/mol. The first kappa shape index (κ1) is 12.9. The van der Waals surface area contributed by atoms with Crippen LogP contribution in [0.4, 0.5) is 0 Å². The van der Waals surface area contributed by atoms with Crippen LogP contribution in [0.2, 0.25) is 0 Å². The summed E-state index contributed by atoms with van der Waals surface area (Å²) in [4.78, 5) is 2.84. The van der Waals surface area contributed by atoms with Gasteiger partial charge < -0.3 is 10.1 Å². The Morgan fingerprint density at radius 2 is 2.32 bits per heavy atom. The van der Waals surface area contributed by atoms with Crippen LogP contribution < -0.4 is 5.32 Å². The molecule has 4 fully saturated rings. The van der Waals surface area contributed by atoms with Crippen molar-refractivity contribution in [3.63, 3.8) is 0 Å². The van der Waals surface area contributed by atoms with Crippen LogP contribution in [0.5, 0.6) is 0 Å². The molecule has 0 aromatic carbocycles.